The number of thiocarbonyl (C=S) groups is 1. The number of benzene rings is 2. The third kappa shape index (κ3) is 3.12. The van der Waals surface area contributed by atoms with Crippen molar-refractivity contribution in [3.05, 3.63) is 88.6 Å². The van der Waals surface area contributed by atoms with Crippen LogP contribution in [0.3, 0.4) is 0 Å². The number of nitrogens with one attached hydrogen (secondary N) is 2. The minimum atomic E-state index is 0.155. The normalized spacial score (nSPS) is 21.9. The van der Waals surface area contributed by atoms with Crippen molar-refractivity contribution in [1.82, 2.24) is 10.6 Å². The van der Waals surface area contributed by atoms with Gasteiger partial charge >= 0.3 is 0 Å². The van der Waals surface area contributed by atoms with Crippen LogP contribution in [0.4, 0.5) is 0 Å². The lowest BCUT2D eigenvalue weighted by Crippen LogP contribution is -2.45. The standard InChI is InChI=1S/C20H18N2S2/c23-20-21-18(15-9-5-2-6-10-15)17-13-24-12-16(19(17)22-20)11-14-7-3-1-4-8-14/h1-11,18H,12-13H2,(H2,21,22,23)/b16-11-. The van der Waals surface area contributed by atoms with Crippen molar-refractivity contribution < 1.29 is 0 Å². The number of hydrogen-bond acceptors (Lipinski definition) is 2. The number of hydrogen-bond donors (Lipinski definition) is 2. The van der Waals surface area contributed by atoms with Gasteiger partial charge < -0.3 is 10.6 Å². The zero-order valence-corrected chi connectivity index (χ0v) is 14.8. The fraction of sp³-hybridized carbons (Fsp3) is 0.150. The van der Waals surface area contributed by atoms with E-state index in [4.69, 9.17) is 12.2 Å². The predicted molar refractivity (Wildman–Crippen MR) is 107 cm³/mol. The van der Waals surface area contributed by atoms with Crippen LogP contribution in [-0.2, 0) is 0 Å². The van der Waals surface area contributed by atoms with E-state index >= 15 is 0 Å². The summed E-state index contributed by atoms with van der Waals surface area (Å²) in [6.45, 7) is 0. The molecule has 1 unspecified atom stereocenters. The van der Waals surface area contributed by atoms with Crippen molar-refractivity contribution in [3.63, 3.8) is 0 Å². The molecule has 2 nitrogen and oxygen atoms in total. The van der Waals surface area contributed by atoms with Crippen LogP contribution < -0.4 is 10.6 Å². The van der Waals surface area contributed by atoms with Gasteiger partial charge in [0, 0.05) is 17.2 Å². The van der Waals surface area contributed by atoms with E-state index in [1.54, 1.807) is 0 Å². The molecule has 120 valence electrons. The number of allylic oxidation sites excluding steroid dienone is 1. The molecule has 4 rings (SSSR count). The molecule has 2 heterocycles. The van der Waals surface area contributed by atoms with Gasteiger partial charge in [-0.15, -0.1) is 0 Å². The zero-order valence-electron chi connectivity index (χ0n) is 13.2. The highest BCUT2D eigenvalue weighted by molar-refractivity contribution is 7.99. The van der Waals surface area contributed by atoms with E-state index in [0.717, 1.165) is 11.5 Å². The zero-order chi connectivity index (χ0) is 16.4. The minimum Gasteiger partial charge on any atom is -0.352 e. The largest absolute Gasteiger partial charge is 0.352 e. The molecule has 0 radical (unpaired) electrons. The molecule has 0 aromatic heterocycles. The Kier molecular flexibility index (Phi) is 4.41. The third-order valence-corrected chi connectivity index (χ3v) is 5.54. The lowest BCUT2D eigenvalue weighted by Gasteiger charge is -2.35. The van der Waals surface area contributed by atoms with Crippen LogP contribution in [0.5, 0.6) is 0 Å². The molecule has 24 heavy (non-hydrogen) atoms. The predicted octanol–water partition coefficient (Wildman–Crippen LogP) is 4.29. The van der Waals surface area contributed by atoms with Crippen molar-refractivity contribution in [3.8, 4) is 0 Å². The Balaban J connectivity index is 1.77. The Morgan fingerprint density at radius 3 is 2.42 bits per heavy atom. The highest BCUT2D eigenvalue weighted by atomic mass is 32.2. The second-order valence-electron chi connectivity index (χ2n) is 5.92. The van der Waals surface area contributed by atoms with Crippen LogP contribution >= 0.6 is 24.0 Å². The first kappa shape index (κ1) is 15.5. The maximum absolute atomic E-state index is 5.48. The molecule has 1 atom stereocenters. The first-order valence-electron chi connectivity index (χ1n) is 8.00. The van der Waals surface area contributed by atoms with E-state index in [-0.39, 0.29) is 6.04 Å². The first-order valence-corrected chi connectivity index (χ1v) is 9.57. The van der Waals surface area contributed by atoms with Crippen molar-refractivity contribution in [2.75, 3.05) is 11.5 Å². The summed E-state index contributed by atoms with van der Waals surface area (Å²) in [4.78, 5) is 0. The molecule has 2 N–H and O–H groups in total. The lowest BCUT2D eigenvalue weighted by atomic mass is 9.93. The van der Waals surface area contributed by atoms with E-state index in [1.165, 1.54) is 28.0 Å². The van der Waals surface area contributed by atoms with Crippen LogP contribution in [0, 0.1) is 0 Å². The summed E-state index contributed by atoms with van der Waals surface area (Å²) in [5.74, 6) is 2.02. The van der Waals surface area contributed by atoms with E-state index in [0.29, 0.717) is 5.11 Å². The molecule has 2 aromatic carbocycles. The van der Waals surface area contributed by atoms with Crippen LogP contribution in [0.2, 0.25) is 0 Å². The molecular formula is C20H18N2S2. The van der Waals surface area contributed by atoms with Gasteiger partial charge in [-0.05, 0) is 40.6 Å². The van der Waals surface area contributed by atoms with Crippen LogP contribution in [0.1, 0.15) is 17.2 Å². The second kappa shape index (κ2) is 6.83. The molecule has 2 aliphatic rings. The monoisotopic (exact) mass is 350 g/mol. The fourth-order valence-electron chi connectivity index (χ4n) is 3.17. The van der Waals surface area contributed by atoms with Gasteiger partial charge in [-0.1, -0.05) is 60.7 Å². The van der Waals surface area contributed by atoms with Gasteiger partial charge in [0.25, 0.3) is 0 Å². The smallest absolute Gasteiger partial charge is 0.171 e. The van der Waals surface area contributed by atoms with Gasteiger partial charge in [-0.25, -0.2) is 0 Å². The van der Waals surface area contributed by atoms with Crippen LogP contribution in [0.25, 0.3) is 6.08 Å². The molecule has 4 heteroatoms. The van der Waals surface area contributed by atoms with Gasteiger partial charge in [-0.3, -0.25) is 0 Å². The summed E-state index contributed by atoms with van der Waals surface area (Å²) in [7, 11) is 0. The van der Waals surface area contributed by atoms with Gasteiger partial charge in [0.15, 0.2) is 5.11 Å². The average molecular weight is 351 g/mol. The second-order valence-corrected chi connectivity index (χ2v) is 7.31. The molecule has 0 saturated heterocycles. The summed E-state index contributed by atoms with van der Waals surface area (Å²) in [6, 6.07) is 21.2. The molecule has 0 fully saturated rings. The summed E-state index contributed by atoms with van der Waals surface area (Å²) in [5.41, 5.74) is 6.39. The molecular weight excluding hydrogens is 332 g/mol. The van der Waals surface area contributed by atoms with E-state index in [2.05, 4.69) is 71.3 Å². The Morgan fingerprint density at radius 1 is 0.958 bits per heavy atom. The van der Waals surface area contributed by atoms with Gasteiger partial charge in [0.2, 0.25) is 0 Å². The van der Waals surface area contributed by atoms with Crippen LogP contribution in [-0.4, -0.2) is 16.6 Å². The maximum Gasteiger partial charge on any atom is 0.171 e. The Bertz CT molecular complexity index is 810. The molecule has 2 aromatic rings. The summed E-state index contributed by atoms with van der Waals surface area (Å²) in [6.07, 6.45) is 2.27. The van der Waals surface area contributed by atoms with Crippen molar-refractivity contribution in [1.29, 1.82) is 0 Å². The molecule has 0 aliphatic carbocycles. The molecule has 0 bridgehead atoms. The van der Waals surface area contributed by atoms with Crippen molar-refractivity contribution in [2.24, 2.45) is 0 Å². The highest BCUT2D eigenvalue weighted by Crippen LogP contribution is 2.37. The minimum absolute atomic E-state index is 0.155. The third-order valence-electron chi connectivity index (χ3n) is 4.29. The number of thioether (sulfide) groups is 1. The van der Waals surface area contributed by atoms with E-state index in [1.807, 2.05) is 17.8 Å². The van der Waals surface area contributed by atoms with Gasteiger partial charge in [-0.2, -0.15) is 11.8 Å². The average Bonchev–Trinajstić information content (AvgIpc) is 2.63. The Morgan fingerprint density at radius 2 is 1.67 bits per heavy atom. The maximum atomic E-state index is 5.48. The fourth-order valence-corrected chi connectivity index (χ4v) is 4.47. The Labute approximate surface area is 152 Å². The summed E-state index contributed by atoms with van der Waals surface area (Å²) in [5, 5.41) is 7.55. The van der Waals surface area contributed by atoms with Crippen molar-refractivity contribution >= 4 is 35.2 Å². The number of rotatable bonds is 2. The summed E-state index contributed by atoms with van der Waals surface area (Å²) < 4.78 is 0. The van der Waals surface area contributed by atoms with Crippen molar-refractivity contribution in [2.45, 2.75) is 6.04 Å². The van der Waals surface area contributed by atoms with Crippen LogP contribution in [0.15, 0.2) is 77.5 Å². The van der Waals surface area contributed by atoms with Gasteiger partial charge in [0.05, 0.1) is 6.04 Å². The summed E-state index contributed by atoms with van der Waals surface area (Å²) >= 11 is 7.44. The van der Waals surface area contributed by atoms with E-state index in [9.17, 15) is 0 Å². The Hall–Kier alpha value is -2.04. The lowest BCUT2D eigenvalue weighted by molar-refractivity contribution is 0.694. The van der Waals surface area contributed by atoms with Gasteiger partial charge in [0.1, 0.15) is 0 Å². The quantitative estimate of drug-likeness (QED) is 0.789. The molecule has 2 aliphatic heterocycles. The topological polar surface area (TPSA) is 24.1 Å². The molecule has 0 saturated carbocycles. The molecule has 0 spiro atoms. The SMILES string of the molecule is S=C1NC2=C(CSC/C2=C/c2ccccc2)C(c2ccccc2)N1. The highest BCUT2D eigenvalue weighted by Gasteiger charge is 2.30. The molecule has 0 amide bonds. The first-order chi connectivity index (χ1) is 11.8. The van der Waals surface area contributed by atoms with E-state index < -0.39 is 0 Å².